The van der Waals surface area contributed by atoms with Gasteiger partial charge in [0, 0.05) is 6.92 Å². The summed E-state index contributed by atoms with van der Waals surface area (Å²) in [5.41, 5.74) is 0. The maximum Gasteiger partial charge on any atom is 0.423 e. The highest BCUT2D eigenvalue weighted by Gasteiger charge is 2.89. The molecule has 0 heterocycles. The second-order valence-electron chi connectivity index (χ2n) is 3.73. The predicted octanol–water partition coefficient (Wildman–Crippen LogP) is 3.77. The van der Waals surface area contributed by atoms with Gasteiger partial charge in [-0.05, 0) is 0 Å². The third-order valence-corrected chi connectivity index (χ3v) is 2.11. The van der Waals surface area contributed by atoms with Crippen LogP contribution in [0.4, 0.5) is 52.7 Å². The molecule has 1 nitrogen and oxygen atoms in total. The zero-order chi connectivity index (χ0) is 17.0. The van der Waals surface area contributed by atoms with E-state index < -0.39 is 42.6 Å². The number of rotatable bonds is 5. The molecule has 122 valence electrons. The number of halogens is 12. The predicted molar refractivity (Wildman–Crippen MR) is 37.6 cm³/mol. The quantitative estimate of drug-likeness (QED) is 0.760. The molecule has 0 saturated heterocycles. The van der Waals surface area contributed by atoms with Crippen LogP contribution in [0.1, 0.15) is 6.92 Å². The number of hydrogen-bond acceptors (Lipinski definition) is 1. The van der Waals surface area contributed by atoms with Crippen LogP contribution in [0.3, 0.4) is 0 Å². The van der Waals surface area contributed by atoms with Gasteiger partial charge in [0.1, 0.15) is 0 Å². The van der Waals surface area contributed by atoms with Crippen LogP contribution in [0.25, 0.3) is 0 Å². The number of aliphatic hydroxyl groups is 1. The first-order valence-electron chi connectivity index (χ1n) is 4.24. The Kier molecular flexibility index (Phi) is 4.12. The fourth-order valence-electron chi connectivity index (χ4n) is 0.859. The minimum atomic E-state index is -7.68. The van der Waals surface area contributed by atoms with E-state index in [2.05, 4.69) is 0 Å². The first-order chi connectivity index (χ1) is 8.25. The zero-order valence-corrected chi connectivity index (χ0v) is 8.98. The lowest BCUT2D eigenvalue weighted by Crippen LogP contribution is -2.70. The zero-order valence-electron chi connectivity index (χ0n) is 8.98. The van der Waals surface area contributed by atoms with Gasteiger partial charge in [-0.15, -0.1) is 0 Å². The van der Waals surface area contributed by atoms with Crippen molar-refractivity contribution in [3.8, 4) is 0 Å². The smallest absolute Gasteiger partial charge is 0.331 e. The third-order valence-electron chi connectivity index (χ3n) is 2.11. The fourth-order valence-corrected chi connectivity index (χ4v) is 0.859. The molecular formula is C7H4F12O. The number of alkyl halides is 12. The van der Waals surface area contributed by atoms with Crippen LogP contribution in [-0.4, -0.2) is 40.8 Å². The van der Waals surface area contributed by atoms with E-state index in [9.17, 15) is 52.7 Å². The first-order valence-corrected chi connectivity index (χ1v) is 4.24. The minimum absolute atomic E-state index is 1.01. The molecular weight excluding hydrogens is 328 g/mol. The van der Waals surface area contributed by atoms with Gasteiger partial charge in [-0.3, -0.25) is 0 Å². The van der Waals surface area contributed by atoms with Gasteiger partial charge in [-0.1, -0.05) is 0 Å². The lowest BCUT2D eigenvalue weighted by Gasteiger charge is -2.39. The van der Waals surface area contributed by atoms with E-state index in [0.29, 0.717) is 0 Å². The SMILES string of the molecule is CC(F)(F)C(F)(F)C(F)(F)C(F)(F)C(F)(F)C(O)(F)F. The van der Waals surface area contributed by atoms with Crippen molar-refractivity contribution in [1.82, 2.24) is 0 Å². The van der Waals surface area contributed by atoms with Crippen molar-refractivity contribution in [3.63, 3.8) is 0 Å². The molecule has 1 N–H and O–H groups in total. The molecule has 0 aromatic carbocycles. The summed E-state index contributed by atoms with van der Waals surface area (Å²) in [6, 6.07) is 0. The Bertz CT molecular complexity index is 325. The molecule has 0 unspecified atom stereocenters. The second kappa shape index (κ2) is 4.31. The third kappa shape index (κ3) is 2.29. The van der Waals surface area contributed by atoms with Gasteiger partial charge < -0.3 is 5.11 Å². The standard InChI is InChI=1S/C7H4F12O/c1-2(8,9)3(10,11)4(12,13)5(14,15)6(16,17)7(18,19)20/h20H,1H3. The Balaban J connectivity index is 6.08. The van der Waals surface area contributed by atoms with Crippen molar-refractivity contribution in [3.05, 3.63) is 0 Å². The lowest BCUT2D eigenvalue weighted by molar-refractivity contribution is -0.450. The van der Waals surface area contributed by atoms with Gasteiger partial charge in [-0.2, -0.15) is 52.7 Å². The van der Waals surface area contributed by atoms with Crippen molar-refractivity contribution in [2.45, 2.75) is 42.6 Å². The summed E-state index contributed by atoms with van der Waals surface area (Å²) in [5, 5.41) is 7.38. The van der Waals surface area contributed by atoms with Crippen molar-refractivity contribution in [2.24, 2.45) is 0 Å². The lowest BCUT2D eigenvalue weighted by atomic mass is 9.94. The van der Waals surface area contributed by atoms with Crippen molar-refractivity contribution < 1.29 is 57.8 Å². The van der Waals surface area contributed by atoms with Gasteiger partial charge in [0.2, 0.25) is 0 Å². The summed E-state index contributed by atoms with van der Waals surface area (Å²) < 4.78 is 148. The molecule has 0 fully saturated rings. The van der Waals surface area contributed by atoms with Crippen LogP contribution in [0.5, 0.6) is 0 Å². The Morgan fingerprint density at radius 3 is 0.950 bits per heavy atom. The Morgan fingerprint density at radius 1 is 0.500 bits per heavy atom. The maximum absolute atomic E-state index is 12.6. The average Bonchev–Trinajstić information content (AvgIpc) is 2.12. The highest BCUT2D eigenvalue weighted by Crippen LogP contribution is 2.59. The largest absolute Gasteiger partial charge is 0.423 e. The molecule has 0 aliphatic heterocycles. The van der Waals surface area contributed by atoms with E-state index in [1.165, 1.54) is 0 Å². The maximum atomic E-state index is 12.6. The Hall–Kier alpha value is -0.880. The summed E-state index contributed by atoms with van der Waals surface area (Å²) in [7, 11) is 0. The topological polar surface area (TPSA) is 20.2 Å². The second-order valence-corrected chi connectivity index (χ2v) is 3.73. The van der Waals surface area contributed by atoms with Crippen LogP contribution in [0.2, 0.25) is 0 Å². The normalized spacial score (nSPS) is 16.5. The van der Waals surface area contributed by atoms with E-state index in [1.807, 2.05) is 0 Å². The molecule has 0 aromatic rings. The highest BCUT2D eigenvalue weighted by atomic mass is 19.4. The molecule has 13 heteroatoms. The average molecular weight is 332 g/mol. The molecule has 0 radical (unpaired) electrons. The van der Waals surface area contributed by atoms with E-state index in [0.717, 1.165) is 0 Å². The Morgan fingerprint density at radius 2 is 0.750 bits per heavy atom. The van der Waals surface area contributed by atoms with Gasteiger partial charge >= 0.3 is 35.7 Å². The van der Waals surface area contributed by atoms with E-state index in [-0.39, 0.29) is 0 Å². The molecule has 0 aliphatic rings. The molecule has 0 spiro atoms. The summed E-state index contributed by atoms with van der Waals surface area (Å²) in [6.45, 7) is -1.01. The van der Waals surface area contributed by atoms with Gasteiger partial charge in [-0.25, -0.2) is 0 Å². The van der Waals surface area contributed by atoms with Crippen molar-refractivity contribution in [2.75, 3.05) is 0 Å². The Labute approximate surface area is 102 Å². The van der Waals surface area contributed by atoms with Crippen molar-refractivity contribution >= 4 is 0 Å². The number of hydrogen-bond donors (Lipinski definition) is 1. The molecule has 0 bridgehead atoms. The van der Waals surface area contributed by atoms with Crippen LogP contribution < -0.4 is 0 Å². The van der Waals surface area contributed by atoms with Crippen LogP contribution in [0.15, 0.2) is 0 Å². The molecule has 20 heavy (non-hydrogen) atoms. The molecule has 0 atom stereocenters. The first kappa shape index (κ1) is 19.1. The molecule has 0 amide bonds. The molecule has 0 rings (SSSR count). The van der Waals surface area contributed by atoms with Gasteiger partial charge in [0.15, 0.2) is 0 Å². The minimum Gasteiger partial charge on any atom is -0.331 e. The van der Waals surface area contributed by atoms with Gasteiger partial charge in [0.25, 0.3) is 0 Å². The van der Waals surface area contributed by atoms with Crippen LogP contribution in [-0.2, 0) is 0 Å². The fraction of sp³-hybridized carbons (Fsp3) is 1.00. The molecule has 0 saturated carbocycles. The van der Waals surface area contributed by atoms with E-state index in [4.69, 9.17) is 5.11 Å². The van der Waals surface area contributed by atoms with Gasteiger partial charge in [0.05, 0.1) is 0 Å². The monoisotopic (exact) mass is 332 g/mol. The molecule has 0 aliphatic carbocycles. The van der Waals surface area contributed by atoms with E-state index >= 15 is 0 Å². The summed E-state index contributed by atoms with van der Waals surface area (Å²) >= 11 is 0. The highest BCUT2D eigenvalue weighted by molar-refractivity contribution is 5.09. The van der Waals surface area contributed by atoms with Crippen LogP contribution in [0, 0.1) is 0 Å². The van der Waals surface area contributed by atoms with E-state index in [1.54, 1.807) is 0 Å². The summed E-state index contributed by atoms with van der Waals surface area (Å²) in [4.78, 5) is 0. The molecule has 0 aromatic heterocycles. The van der Waals surface area contributed by atoms with Crippen molar-refractivity contribution in [1.29, 1.82) is 0 Å². The summed E-state index contributed by atoms with van der Waals surface area (Å²) in [5.74, 6) is -35.7. The summed E-state index contributed by atoms with van der Waals surface area (Å²) in [6.07, 6.45) is -6.86. The van der Waals surface area contributed by atoms with Crippen LogP contribution >= 0.6 is 0 Å².